The third-order valence-electron chi connectivity index (χ3n) is 3.19. The lowest BCUT2D eigenvalue weighted by atomic mass is 10.00. The molecule has 0 saturated heterocycles. The fourth-order valence-electron chi connectivity index (χ4n) is 2.21. The Bertz CT molecular complexity index is 390. The van der Waals surface area contributed by atoms with E-state index in [-0.39, 0.29) is 0 Å². The average Bonchev–Trinajstić information content (AvgIpc) is 2.40. The molecule has 0 radical (unpaired) electrons. The molecule has 0 aliphatic carbocycles. The predicted molar refractivity (Wildman–Crippen MR) is 86.2 cm³/mol. The maximum Gasteiger partial charge on any atom is 0.0454 e. The summed E-state index contributed by atoms with van der Waals surface area (Å²) < 4.78 is 0. The molecule has 0 aliphatic rings. The summed E-state index contributed by atoms with van der Waals surface area (Å²) in [5.41, 5.74) is 1.11. The molecule has 1 nitrogen and oxygen atoms in total. The van der Waals surface area contributed by atoms with Crippen molar-refractivity contribution in [1.29, 1.82) is 0 Å². The van der Waals surface area contributed by atoms with Crippen LogP contribution >= 0.6 is 23.2 Å². The van der Waals surface area contributed by atoms with Crippen LogP contribution in [0, 0.1) is 0 Å². The van der Waals surface area contributed by atoms with Gasteiger partial charge in [-0.15, -0.1) is 6.58 Å². The summed E-state index contributed by atoms with van der Waals surface area (Å²) in [6, 6.07) is 5.97. The van der Waals surface area contributed by atoms with Gasteiger partial charge in [-0.05, 0) is 49.6 Å². The third kappa shape index (κ3) is 5.99. The molecule has 1 atom stereocenters. The number of halogens is 2. The van der Waals surface area contributed by atoms with Crippen LogP contribution in [0.3, 0.4) is 0 Å². The van der Waals surface area contributed by atoms with E-state index in [0.717, 1.165) is 35.0 Å². The summed E-state index contributed by atoms with van der Waals surface area (Å²) >= 11 is 12.3. The lowest BCUT2D eigenvalue weighted by Crippen LogP contribution is -2.21. The van der Waals surface area contributed by atoms with E-state index >= 15 is 0 Å². The lowest BCUT2D eigenvalue weighted by Gasteiger charge is -2.20. The van der Waals surface area contributed by atoms with Crippen LogP contribution < -0.4 is 5.32 Å². The molecule has 1 unspecified atom stereocenters. The van der Waals surface area contributed by atoms with E-state index < -0.39 is 0 Å². The zero-order valence-electron chi connectivity index (χ0n) is 11.6. The molecule has 0 aromatic heterocycles. The molecule has 0 spiro atoms. The van der Waals surface area contributed by atoms with Crippen molar-refractivity contribution in [3.05, 3.63) is 46.5 Å². The molecule has 1 aromatic carbocycles. The second-order valence-electron chi connectivity index (χ2n) is 4.70. The third-order valence-corrected chi connectivity index (χ3v) is 3.76. The Hall–Kier alpha value is -0.500. The van der Waals surface area contributed by atoms with Crippen LogP contribution in [0.4, 0.5) is 0 Å². The quantitative estimate of drug-likeness (QED) is 0.450. The molecule has 1 rings (SSSR count). The van der Waals surface area contributed by atoms with Gasteiger partial charge < -0.3 is 5.32 Å². The van der Waals surface area contributed by atoms with Crippen molar-refractivity contribution in [3.8, 4) is 0 Å². The molecule has 0 saturated carbocycles. The fraction of sp³-hybridized carbons (Fsp3) is 0.500. The molecule has 0 heterocycles. The molecule has 0 amide bonds. The minimum Gasteiger partial charge on any atom is -0.310 e. The van der Waals surface area contributed by atoms with Gasteiger partial charge in [0.15, 0.2) is 0 Å². The first kappa shape index (κ1) is 16.6. The van der Waals surface area contributed by atoms with Gasteiger partial charge in [-0.2, -0.15) is 0 Å². The number of allylic oxidation sites excluding steroid dienone is 1. The first-order valence-corrected chi connectivity index (χ1v) is 7.73. The molecule has 1 aromatic rings. The first-order chi connectivity index (χ1) is 9.19. The Balaban J connectivity index is 2.60. The van der Waals surface area contributed by atoms with Crippen molar-refractivity contribution >= 4 is 23.2 Å². The predicted octanol–water partition coefficient (Wildman–Crippen LogP) is 5.78. The summed E-state index contributed by atoms with van der Waals surface area (Å²) in [5.74, 6) is 0. The van der Waals surface area contributed by atoms with Crippen LogP contribution in [0.2, 0.25) is 10.0 Å². The smallest absolute Gasteiger partial charge is 0.0454 e. The van der Waals surface area contributed by atoms with E-state index in [9.17, 15) is 0 Å². The minimum atomic E-state index is 0.292. The van der Waals surface area contributed by atoms with Crippen LogP contribution in [0.5, 0.6) is 0 Å². The number of unbranched alkanes of at least 4 members (excludes halogenated alkanes) is 3. The molecule has 0 aliphatic heterocycles. The van der Waals surface area contributed by atoms with E-state index in [1.54, 1.807) is 0 Å². The van der Waals surface area contributed by atoms with E-state index in [0.29, 0.717) is 6.04 Å². The fourth-order valence-corrected chi connectivity index (χ4v) is 2.64. The zero-order valence-corrected chi connectivity index (χ0v) is 13.1. The number of hydrogen-bond donors (Lipinski definition) is 1. The van der Waals surface area contributed by atoms with Crippen molar-refractivity contribution < 1.29 is 0 Å². The second kappa shape index (κ2) is 9.41. The van der Waals surface area contributed by atoms with E-state index in [2.05, 4.69) is 18.8 Å². The van der Waals surface area contributed by atoms with Crippen molar-refractivity contribution in [3.63, 3.8) is 0 Å². The zero-order chi connectivity index (χ0) is 14.1. The number of rotatable bonds is 9. The minimum absolute atomic E-state index is 0.292. The Morgan fingerprint density at radius 3 is 2.74 bits per heavy atom. The Kier molecular flexibility index (Phi) is 8.20. The SMILES string of the molecule is C=CCCCCCC(NCC)c1cc(Cl)ccc1Cl. The van der Waals surface area contributed by atoms with Gasteiger partial charge in [-0.3, -0.25) is 0 Å². The summed E-state index contributed by atoms with van der Waals surface area (Å²) in [6.07, 6.45) is 7.80. The second-order valence-corrected chi connectivity index (χ2v) is 5.55. The molecule has 0 fully saturated rings. The summed E-state index contributed by atoms with van der Waals surface area (Å²) in [4.78, 5) is 0. The highest BCUT2D eigenvalue weighted by Gasteiger charge is 2.13. The van der Waals surface area contributed by atoms with Crippen LogP contribution in [-0.4, -0.2) is 6.54 Å². The van der Waals surface area contributed by atoms with Gasteiger partial charge in [0, 0.05) is 16.1 Å². The van der Waals surface area contributed by atoms with E-state index in [1.165, 1.54) is 19.3 Å². The number of nitrogens with one attached hydrogen (secondary N) is 1. The Morgan fingerprint density at radius 1 is 1.26 bits per heavy atom. The van der Waals surface area contributed by atoms with Gasteiger partial charge >= 0.3 is 0 Å². The Morgan fingerprint density at radius 2 is 2.05 bits per heavy atom. The molecule has 0 bridgehead atoms. The van der Waals surface area contributed by atoms with E-state index in [4.69, 9.17) is 23.2 Å². The van der Waals surface area contributed by atoms with Crippen molar-refractivity contribution in [2.24, 2.45) is 0 Å². The standard InChI is InChI=1S/C16H23Cl2N/c1-3-5-6-7-8-9-16(19-4-2)14-12-13(17)10-11-15(14)18/h3,10-12,16,19H,1,4-9H2,2H3. The largest absolute Gasteiger partial charge is 0.310 e. The highest BCUT2D eigenvalue weighted by Crippen LogP contribution is 2.29. The summed E-state index contributed by atoms with van der Waals surface area (Å²) in [5, 5.41) is 5.03. The highest BCUT2D eigenvalue weighted by atomic mass is 35.5. The van der Waals surface area contributed by atoms with Gasteiger partial charge in [0.1, 0.15) is 0 Å². The van der Waals surface area contributed by atoms with Crippen LogP contribution in [0.25, 0.3) is 0 Å². The van der Waals surface area contributed by atoms with Crippen LogP contribution in [-0.2, 0) is 0 Å². The van der Waals surface area contributed by atoms with Gasteiger partial charge in [0.2, 0.25) is 0 Å². The number of benzene rings is 1. The Labute approximate surface area is 127 Å². The topological polar surface area (TPSA) is 12.0 Å². The summed E-state index contributed by atoms with van der Waals surface area (Å²) in [6.45, 7) is 6.79. The summed E-state index contributed by atoms with van der Waals surface area (Å²) in [7, 11) is 0. The molecular formula is C16H23Cl2N. The van der Waals surface area contributed by atoms with Gasteiger partial charge in [-0.25, -0.2) is 0 Å². The van der Waals surface area contributed by atoms with Gasteiger partial charge in [-0.1, -0.05) is 49.0 Å². The highest BCUT2D eigenvalue weighted by molar-refractivity contribution is 6.33. The van der Waals surface area contributed by atoms with Crippen molar-refractivity contribution in [2.45, 2.75) is 45.1 Å². The molecular weight excluding hydrogens is 277 g/mol. The van der Waals surface area contributed by atoms with Gasteiger partial charge in [0.05, 0.1) is 0 Å². The molecule has 3 heteroatoms. The molecule has 1 N–H and O–H groups in total. The number of hydrogen-bond acceptors (Lipinski definition) is 1. The normalized spacial score (nSPS) is 12.4. The van der Waals surface area contributed by atoms with Crippen LogP contribution in [0.1, 0.15) is 50.6 Å². The van der Waals surface area contributed by atoms with Crippen molar-refractivity contribution in [2.75, 3.05) is 6.54 Å². The van der Waals surface area contributed by atoms with Crippen LogP contribution in [0.15, 0.2) is 30.9 Å². The lowest BCUT2D eigenvalue weighted by molar-refractivity contribution is 0.484. The maximum absolute atomic E-state index is 6.28. The average molecular weight is 300 g/mol. The first-order valence-electron chi connectivity index (χ1n) is 6.98. The van der Waals surface area contributed by atoms with Crippen molar-refractivity contribution in [1.82, 2.24) is 5.32 Å². The molecule has 19 heavy (non-hydrogen) atoms. The van der Waals surface area contributed by atoms with Gasteiger partial charge in [0.25, 0.3) is 0 Å². The maximum atomic E-state index is 6.28. The van der Waals surface area contributed by atoms with E-state index in [1.807, 2.05) is 24.3 Å². The monoisotopic (exact) mass is 299 g/mol. The molecule has 106 valence electrons.